The zero-order chi connectivity index (χ0) is 40.2. The average Bonchev–Trinajstić information content (AvgIpc) is 3.75. The third-order valence-corrected chi connectivity index (χ3v) is 8.90. The van der Waals surface area contributed by atoms with Gasteiger partial charge in [-0.3, -0.25) is 9.59 Å². The summed E-state index contributed by atoms with van der Waals surface area (Å²) in [4.78, 5) is 41.0. The number of nitrogens with zero attached hydrogens (tertiary/aromatic N) is 4. The normalized spacial score (nSPS) is 12.5. The largest absolute Gasteiger partial charge is 0.462 e. The molecule has 2 aromatic carbocycles. The summed E-state index contributed by atoms with van der Waals surface area (Å²) in [6.45, 7) is 8.12. The number of H-pyrrole nitrogens is 1. The quantitative estimate of drug-likeness (QED) is 0.0486. The Labute approximate surface area is 333 Å². The van der Waals surface area contributed by atoms with Crippen LogP contribution in [0.25, 0.3) is 22.5 Å². The molecule has 0 spiro atoms. The van der Waals surface area contributed by atoms with Crippen LogP contribution in [0.2, 0.25) is 0 Å². The van der Waals surface area contributed by atoms with Crippen LogP contribution in [0.4, 0.5) is 0 Å². The molecule has 1 heterocycles. The average molecular weight is 764 g/mol. The predicted octanol–water partition coefficient (Wildman–Crippen LogP) is 10.1. The number of esters is 2. The van der Waals surface area contributed by atoms with Gasteiger partial charge in [0, 0.05) is 24.9 Å². The second kappa shape index (κ2) is 27.2. The monoisotopic (exact) mass is 763 g/mol. The number of carbonyl (C=O) groups excluding carboxylic acids is 3. The Kier molecular flexibility index (Phi) is 21.9. The van der Waals surface area contributed by atoms with Gasteiger partial charge in [0.05, 0.1) is 0 Å². The van der Waals surface area contributed by atoms with Crippen molar-refractivity contribution in [2.24, 2.45) is 5.92 Å². The van der Waals surface area contributed by atoms with Crippen molar-refractivity contribution in [1.82, 2.24) is 25.5 Å². The molecule has 0 aliphatic heterocycles. The van der Waals surface area contributed by atoms with Gasteiger partial charge < -0.3 is 14.4 Å². The fraction of sp³-hybridized carbons (Fsp3) is 0.435. The molecule has 0 bridgehead atoms. The number of rotatable bonds is 26. The molecule has 3 rings (SSSR count). The number of aromatic nitrogens is 4. The van der Waals surface area contributed by atoms with Gasteiger partial charge in [0.15, 0.2) is 0 Å². The summed E-state index contributed by atoms with van der Waals surface area (Å²) in [5.74, 6) is -0.637. The SMILES string of the molecule is CC/C=C\C/C=C\C/C=C\C/C=C\C/C=C\CCCC(=O)OCCOC(=O)C(C(C)C)N(Cc1ccc(-c2ccccc2-c2nn[nH]n2)cc1)C(=O)CCCC. The third-order valence-electron chi connectivity index (χ3n) is 8.90. The standard InChI is InChI=1S/C46H61N5O5/c1-5-7-9-10-11-12-13-14-15-16-17-18-19-20-21-22-23-29-43(53)55-34-35-56-46(54)44(37(3)4)51(42(52)28-8-6-2)36-38-30-32-39(33-31-38)40-26-24-25-27-41(40)45-47-49-50-48-45/h7,9,11-12,14-15,17-18,20-21,24-27,30-33,37,44H,5-6,8,10,13,16,19,22-23,28-29,34-36H2,1-4H3,(H,47,48,49,50)/b9-7-,12-11-,15-14-,18-17-,21-20-. The molecule has 1 atom stereocenters. The van der Waals surface area contributed by atoms with Crippen molar-refractivity contribution in [3.63, 3.8) is 0 Å². The van der Waals surface area contributed by atoms with Crippen LogP contribution < -0.4 is 0 Å². The molecule has 0 saturated carbocycles. The van der Waals surface area contributed by atoms with E-state index in [-0.39, 0.29) is 44.0 Å². The van der Waals surface area contributed by atoms with Crippen molar-refractivity contribution < 1.29 is 23.9 Å². The predicted molar refractivity (Wildman–Crippen MR) is 224 cm³/mol. The number of tetrazole rings is 1. The van der Waals surface area contributed by atoms with Gasteiger partial charge in [0.1, 0.15) is 19.3 Å². The zero-order valence-electron chi connectivity index (χ0n) is 33.8. The van der Waals surface area contributed by atoms with Gasteiger partial charge in [-0.1, -0.05) is 143 Å². The van der Waals surface area contributed by atoms with E-state index < -0.39 is 12.0 Å². The van der Waals surface area contributed by atoms with Crippen molar-refractivity contribution in [3.8, 4) is 22.5 Å². The number of benzene rings is 2. The molecule has 1 aromatic heterocycles. The van der Waals surface area contributed by atoms with E-state index >= 15 is 0 Å². The van der Waals surface area contributed by atoms with E-state index in [2.05, 4.69) is 88.3 Å². The number of hydrogen-bond acceptors (Lipinski definition) is 8. The van der Waals surface area contributed by atoms with Crippen LogP contribution in [-0.2, 0) is 30.4 Å². The maximum atomic E-state index is 13.5. The minimum Gasteiger partial charge on any atom is -0.462 e. The lowest BCUT2D eigenvalue weighted by Gasteiger charge is -2.33. The maximum Gasteiger partial charge on any atom is 0.329 e. The molecule has 10 heteroatoms. The first-order chi connectivity index (χ1) is 27.3. The van der Waals surface area contributed by atoms with Crippen molar-refractivity contribution >= 4 is 17.8 Å². The first kappa shape index (κ1) is 45.0. The molecule has 0 fully saturated rings. The van der Waals surface area contributed by atoms with Crippen LogP contribution in [0.1, 0.15) is 104 Å². The highest BCUT2D eigenvalue weighted by molar-refractivity contribution is 5.85. The first-order valence-electron chi connectivity index (χ1n) is 20.1. The first-order valence-corrected chi connectivity index (χ1v) is 20.1. The fourth-order valence-corrected chi connectivity index (χ4v) is 5.95. The van der Waals surface area contributed by atoms with Gasteiger partial charge in [-0.2, -0.15) is 5.21 Å². The van der Waals surface area contributed by atoms with Crippen molar-refractivity contribution in [1.29, 1.82) is 0 Å². The number of carbonyl (C=O) groups is 3. The number of hydrogen-bond donors (Lipinski definition) is 1. The molecular weight excluding hydrogens is 703 g/mol. The smallest absolute Gasteiger partial charge is 0.329 e. The maximum absolute atomic E-state index is 13.5. The zero-order valence-corrected chi connectivity index (χ0v) is 33.8. The van der Waals surface area contributed by atoms with Gasteiger partial charge in [0.2, 0.25) is 11.7 Å². The molecule has 56 heavy (non-hydrogen) atoms. The van der Waals surface area contributed by atoms with Crippen LogP contribution in [0.3, 0.4) is 0 Å². The van der Waals surface area contributed by atoms with Crippen LogP contribution in [0.15, 0.2) is 109 Å². The molecule has 1 amide bonds. The van der Waals surface area contributed by atoms with Crippen molar-refractivity contribution in [3.05, 3.63) is 115 Å². The van der Waals surface area contributed by atoms with E-state index in [0.717, 1.165) is 73.6 Å². The molecule has 0 aliphatic rings. The van der Waals surface area contributed by atoms with Gasteiger partial charge in [0.25, 0.3) is 0 Å². The summed E-state index contributed by atoms with van der Waals surface area (Å²) >= 11 is 0. The molecule has 10 nitrogen and oxygen atoms in total. The lowest BCUT2D eigenvalue weighted by Crippen LogP contribution is -2.48. The lowest BCUT2D eigenvalue weighted by atomic mass is 9.97. The Morgan fingerprint density at radius 1 is 0.732 bits per heavy atom. The Hall–Kier alpha value is -5.38. The number of amides is 1. The second-order valence-corrected chi connectivity index (χ2v) is 13.8. The molecule has 0 aliphatic carbocycles. The number of aromatic amines is 1. The van der Waals surface area contributed by atoms with Gasteiger partial charge >= 0.3 is 11.9 Å². The molecule has 3 aromatic rings. The number of allylic oxidation sites excluding steroid dienone is 10. The highest BCUT2D eigenvalue weighted by atomic mass is 16.6. The van der Waals surface area contributed by atoms with E-state index in [1.165, 1.54) is 0 Å². The Morgan fingerprint density at radius 2 is 1.34 bits per heavy atom. The Morgan fingerprint density at radius 3 is 1.93 bits per heavy atom. The minimum absolute atomic E-state index is 0.0341. The highest BCUT2D eigenvalue weighted by Crippen LogP contribution is 2.30. The summed E-state index contributed by atoms with van der Waals surface area (Å²) in [6, 6.07) is 14.9. The van der Waals surface area contributed by atoms with Gasteiger partial charge in [-0.25, -0.2) is 4.79 Å². The van der Waals surface area contributed by atoms with E-state index in [9.17, 15) is 14.4 Å². The van der Waals surface area contributed by atoms with E-state index in [1.54, 1.807) is 4.90 Å². The molecule has 1 unspecified atom stereocenters. The second-order valence-electron chi connectivity index (χ2n) is 13.8. The summed E-state index contributed by atoms with van der Waals surface area (Å²) in [7, 11) is 0. The molecule has 0 radical (unpaired) electrons. The third kappa shape index (κ3) is 17.0. The molecular formula is C46H61N5O5. The van der Waals surface area contributed by atoms with Crippen molar-refractivity contribution in [2.45, 2.75) is 111 Å². The van der Waals surface area contributed by atoms with E-state index in [1.807, 2.05) is 69.3 Å². The number of ether oxygens (including phenoxy) is 2. The number of nitrogens with one attached hydrogen (secondary N) is 1. The van der Waals surface area contributed by atoms with Crippen LogP contribution in [0, 0.1) is 5.92 Å². The lowest BCUT2D eigenvalue weighted by molar-refractivity contribution is -0.161. The molecule has 0 saturated heterocycles. The summed E-state index contributed by atoms with van der Waals surface area (Å²) in [6.07, 6.45) is 30.1. The molecule has 1 N–H and O–H groups in total. The topological polar surface area (TPSA) is 127 Å². The van der Waals surface area contributed by atoms with Crippen LogP contribution >= 0.6 is 0 Å². The molecule has 300 valence electrons. The number of unbranched alkanes of at least 4 members (excludes halogenated alkanes) is 2. The summed E-state index contributed by atoms with van der Waals surface area (Å²) < 4.78 is 10.9. The minimum atomic E-state index is -0.794. The van der Waals surface area contributed by atoms with Gasteiger partial charge in [-0.15, -0.1) is 10.2 Å². The van der Waals surface area contributed by atoms with E-state index in [4.69, 9.17) is 9.47 Å². The van der Waals surface area contributed by atoms with Crippen LogP contribution in [0.5, 0.6) is 0 Å². The van der Waals surface area contributed by atoms with Gasteiger partial charge in [-0.05, 0) is 79.2 Å². The van der Waals surface area contributed by atoms with Crippen molar-refractivity contribution in [2.75, 3.05) is 13.2 Å². The van der Waals surface area contributed by atoms with Crippen LogP contribution in [-0.4, -0.2) is 62.6 Å². The summed E-state index contributed by atoms with van der Waals surface area (Å²) in [5.41, 5.74) is 3.64. The fourth-order valence-electron chi connectivity index (χ4n) is 5.95. The summed E-state index contributed by atoms with van der Waals surface area (Å²) in [5, 5.41) is 14.5. The Balaban J connectivity index is 1.42. The Bertz CT molecular complexity index is 1720. The highest BCUT2D eigenvalue weighted by Gasteiger charge is 2.33. The van der Waals surface area contributed by atoms with E-state index in [0.29, 0.717) is 18.7 Å².